The molecule has 0 aliphatic heterocycles. The van der Waals surface area contributed by atoms with Crippen LogP contribution in [0.25, 0.3) is 23.1 Å². The monoisotopic (exact) mass is 480 g/mol. The van der Waals surface area contributed by atoms with Gasteiger partial charge in [-0.25, -0.2) is 4.98 Å². The lowest BCUT2D eigenvalue weighted by Crippen LogP contribution is -2.17. The summed E-state index contributed by atoms with van der Waals surface area (Å²) in [5.41, 5.74) is 2.73. The number of hydrogen-bond donors (Lipinski definition) is 3. The van der Waals surface area contributed by atoms with Crippen molar-refractivity contribution in [3.8, 4) is 0 Å². The van der Waals surface area contributed by atoms with Crippen LogP contribution >= 0.6 is 11.8 Å². The Morgan fingerprint density at radius 2 is 1.89 bits per heavy atom. The van der Waals surface area contributed by atoms with E-state index in [2.05, 4.69) is 30.5 Å². The molecule has 0 fully saturated rings. The molecule has 5 aromatic rings. The standard InChI is InChI=1S/C26H20N6O2S/c1-16-28-24(15-25(33)29-16)30-26(34)20-7-2-3-8-23(20)35-18-10-11-19-21(31-32-22(19)14-18)12-9-17-6-4-5-13-27-17/h2-15H,1H3,(H,31,32)(H2,28,29,30,33,34)/b12-9+. The summed E-state index contributed by atoms with van der Waals surface area (Å²) < 4.78 is 0. The van der Waals surface area contributed by atoms with Crippen LogP contribution in [0.15, 0.2) is 87.5 Å². The largest absolute Gasteiger partial charge is 0.311 e. The van der Waals surface area contributed by atoms with E-state index in [1.807, 2.05) is 60.7 Å². The van der Waals surface area contributed by atoms with Gasteiger partial charge < -0.3 is 10.3 Å². The number of H-pyrrole nitrogens is 2. The first-order chi connectivity index (χ1) is 17.0. The van der Waals surface area contributed by atoms with Gasteiger partial charge in [0, 0.05) is 27.4 Å². The van der Waals surface area contributed by atoms with E-state index >= 15 is 0 Å². The molecule has 0 spiro atoms. The van der Waals surface area contributed by atoms with Crippen LogP contribution in [-0.2, 0) is 0 Å². The molecule has 3 N–H and O–H groups in total. The second-order valence-electron chi connectivity index (χ2n) is 7.67. The molecule has 0 saturated carbocycles. The fourth-order valence-corrected chi connectivity index (χ4v) is 4.53. The van der Waals surface area contributed by atoms with Crippen molar-refractivity contribution in [3.63, 3.8) is 0 Å². The summed E-state index contributed by atoms with van der Waals surface area (Å²) >= 11 is 1.47. The summed E-state index contributed by atoms with van der Waals surface area (Å²) in [4.78, 5) is 37.4. The second-order valence-corrected chi connectivity index (χ2v) is 8.79. The van der Waals surface area contributed by atoms with Gasteiger partial charge in [0.1, 0.15) is 11.6 Å². The molecule has 0 atom stereocenters. The third-order valence-corrected chi connectivity index (χ3v) is 6.19. The third kappa shape index (κ3) is 5.20. The smallest absolute Gasteiger partial charge is 0.257 e. The number of nitrogens with one attached hydrogen (secondary N) is 3. The van der Waals surface area contributed by atoms with Crippen molar-refractivity contribution in [3.05, 3.63) is 106 Å². The van der Waals surface area contributed by atoms with Crippen molar-refractivity contribution in [1.82, 2.24) is 25.1 Å². The van der Waals surface area contributed by atoms with E-state index in [0.29, 0.717) is 11.4 Å². The Morgan fingerprint density at radius 3 is 2.71 bits per heavy atom. The van der Waals surface area contributed by atoms with Gasteiger partial charge in [0.15, 0.2) is 0 Å². The molecule has 0 radical (unpaired) electrons. The summed E-state index contributed by atoms with van der Waals surface area (Å²) in [5, 5.41) is 11.2. The number of fused-ring (bicyclic) bond motifs is 1. The number of anilines is 1. The van der Waals surface area contributed by atoms with Crippen molar-refractivity contribution in [2.75, 3.05) is 5.32 Å². The lowest BCUT2D eigenvalue weighted by Gasteiger charge is -2.10. The van der Waals surface area contributed by atoms with Crippen LogP contribution in [0.2, 0.25) is 0 Å². The van der Waals surface area contributed by atoms with Crippen molar-refractivity contribution >= 4 is 46.5 Å². The highest BCUT2D eigenvalue weighted by molar-refractivity contribution is 7.99. The van der Waals surface area contributed by atoms with Crippen molar-refractivity contribution in [2.24, 2.45) is 0 Å². The van der Waals surface area contributed by atoms with E-state index in [9.17, 15) is 9.59 Å². The highest BCUT2D eigenvalue weighted by Gasteiger charge is 2.14. The number of benzene rings is 2. The third-order valence-electron chi connectivity index (χ3n) is 5.12. The maximum Gasteiger partial charge on any atom is 0.257 e. The summed E-state index contributed by atoms with van der Waals surface area (Å²) in [7, 11) is 0. The number of pyridine rings is 1. The molecule has 1 amide bonds. The number of aryl methyl sites for hydroxylation is 1. The van der Waals surface area contributed by atoms with Gasteiger partial charge in [-0.15, -0.1) is 0 Å². The van der Waals surface area contributed by atoms with Gasteiger partial charge in [-0.1, -0.05) is 30.0 Å². The number of nitrogens with zero attached hydrogens (tertiary/aromatic N) is 3. The summed E-state index contributed by atoms with van der Waals surface area (Å²) in [6.45, 7) is 1.66. The zero-order chi connectivity index (χ0) is 24.2. The van der Waals surface area contributed by atoms with Crippen LogP contribution in [0.5, 0.6) is 0 Å². The molecule has 3 heterocycles. The molecule has 0 aliphatic carbocycles. The maximum absolute atomic E-state index is 12.9. The lowest BCUT2D eigenvalue weighted by atomic mass is 10.2. The van der Waals surface area contributed by atoms with E-state index < -0.39 is 0 Å². The Kier molecular flexibility index (Phi) is 6.23. The quantitative estimate of drug-likeness (QED) is 0.318. The zero-order valence-electron chi connectivity index (χ0n) is 18.6. The number of amides is 1. The van der Waals surface area contributed by atoms with E-state index in [0.717, 1.165) is 32.1 Å². The average molecular weight is 481 g/mol. The minimum atomic E-state index is -0.338. The van der Waals surface area contributed by atoms with Crippen LogP contribution in [-0.4, -0.2) is 31.1 Å². The van der Waals surface area contributed by atoms with Crippen LogP contribution in [0, 0.1) is 6.92 Å². The molecular weight excluding hydrogens is 460 g/mol. The second kappa shape index (κ2) is 9.78. The molecule has 172 valence electrons. The Hall–Kier alpha value is -4.50. The van der Waals surface area contributed by atoms with Crippen LogP contribution in [0.3, 0.4) is 0 Å². The van der Waals surface area contributed by atoms with E-state index in [4.69, 9.17) is 0 Å². The number of hydrogen-bond acceptors (Lipinski definition) is 6. The molecule has 0 aliphatic rings. The molecule has 35 heavy (non-hydrogen) atoms. The Bertz CT molecular complexity index is 1610. The highest BCUT2D eigenvalue weighted by atomic mass is 32.2. The SMILES string of the molecule is Cc1nc(NC(=O)c2ccccc2Sc2ccc3c(/C=C/c4ccccn4)n[nH]c3c2)cc(=O)[nH]1. The van der Waals surface area contributed by atoms with Gasteiger partial charge in [0.25, 0.3) is 11.5 Å². The normalized spacial score (nSPS) is 11.2. The van der Waals surface area contributed by atoms with Gasteiger partial charge in [0.2, 0.25) is 0 Å². The fraction of sp³-hybridized carbons (Fsp3) is 0.0385. The molecule has 0 unspecified atom stereocenters. The van der Waals surface area contributed by atoms with Gasteiger partial charge in [-0.05, 0) is 61.5 Å². The molecule has 9 heteroatoms. The van der Waals surface area contributed by atoms with Crippen molar-refractivity contribution < 1.29 is 4.79 Å². The topological polar surface area (TPSA) is 116 Å². The van der Waals surface area contributed by atoms with Crippen molar-refractivity contribution in [1.29, 1.82) is 0 Å². The average Bonchev–Trinajstić information content (AvgIpc) is 3.25. The molecule has 5 rings (SSSR count). The maximum atomic E-state index is 12.9. The fourth-order valence-electron chi connectivity index (χ4n) is 3.55. The van der Waals surface area contributed by atoms with Gasteiger partial charge >= 0.3 is 0 Å². The van der Waals surface area contributed by atoms with Crippen LogP contribution < -0.4 is 10.9 Å². The first-order valence-electron chi connectivity index (χ1n) is 10.8. The summed E-state index contributed by atoms with van der Waals surface area (Å²) in [6.07, 6.45) is 5.60. The molecule has 0 bridgehead atoms. The van der Waals surface area contributed by atoms with E-state index in [1.54, 1.807) is 25.3 Å². The van der Waals surface area contributed by atoms with Gasteiger partial charge in [-0.2, -0.15) is 5.10 Å². The predicted octanol–water partition coefficient (Wildman–Crippen LogP) is 4.92. The summed E-state index contributed by atoms with van der Waals surface area (Å²) in [6, 6.07) is 20.3. The Labute approximate surface area is 204 Å². The number of rotatable bonds is 6. The van der Waals surface area contributed by atoms with E-state index in [-0.39, 0.29) is 17.3 Å². The van der Waals surface area contributed by atoms with E-state index in [1.165, 1.54) is 17.8 Å². The minimum absolute atomic E-state index is 0.209. The Balaban J connectivity index is 1.37. The highest BCUT2D eigenvalue weighted by Crippen LogP contribution is 2.33. The molecule has 8 nitrogen and oxygen atoms in total. The molecular formula is C26H20N6O2S. The van der Waals surface area contributed by atoms with Crippen molar-refractivity contribution in [2.45, 2.75) is 16.7 Å². The number of carbonyl (C=O) groups excluding carboxylic acids is 1. The zero-order valence-corrected chi connectivity index (χ0v) is 19.5. The Morgan fingerprint density at radius 1 is 1.03 bits per heavy atom. The van der Waals surface area contributed by atoms with Crippen LogP contribution in [0.4, 0.5) is 5.82 Å². The first kappa shape index (κ1) is 22.3. The molecule has 0 saturated heterocycles. The van der Waals surface area contributed by atoms with Crippen LogP contribution in [0.1, 0.15) is 27.6 Å². The molecule has 3 aromatic heterocycles. The minimum Gasteiger partial charge on any atom is -0.311 e. The van der Waals surface area contributed by atoms with Gasteiger partial charge in [0.05, 0.1) is 22.5 Å². The predicted molar refractivity (Wildman–Crippen MR) is 137 cm³/mol. The van der Waals surface area contributed by atoms with Gasteiger partial charge in [-0.3, -0.25) is 19.7 Å². The first-order valence-corrected chi connectivity index (χ1v) is 11.6. The lowest BCUT2D eigenvalue weighted by molar-refractivity contribution is 0.102. The number of aromatic amines is 2. The summed E-state index contributed by atoms with van der Waals surface area (Å²) in [5.74, 6) is 0.300. The number of aromatic nitrogens is 5. The molecule has 2 aromatic carbocycles. The number of carbonyl (C=O) groups is 1.